The first-order chi connectivity index (χ1) is 19.0. The van der Waals surface area contributed by atoms with Crippen LogP contribution in [0.2, 0.25) is 0 Å². The summed E-state index contributed by atoms with van der Waals surface area (Å²) < 4.78 is 39.8. The number of hydrogen-bond acceptors (Lipinski definition) is 5. The summed E-state index contributed by atoms with van der Waals surface area (Å²) in [6.45, 7) is 5.03. The number of carbonyl (C=O) groups excluding carboxylic acids is 1. The van der Waals surface area contributed by atoms with E-state index in [-0.39, 0.29) is 11.9 Å². The Balaban J connectivity index is 0.000000559. The van der Waals surface area contributed by atoms with Gasteiger partial charge in [0.15, 0.2) is 0 Å². The molecule has 1 amide bonds. The Kier molecular flexibility index (Phi) is 10.8. The summed E-state index contributed by atoms with van der Waals surface area (Å²) in [5.41, 5.74) is 8.14. The van der Waals surface area contributed by atoms with Crippen molar-refractivity contribution in [1.29, 1.82) is 0 Å². The number of fused-ring (bicyclic) bond motifs is 1. The van der Waals surface area contributed by atoms with E-state index >= 15 is 0 Å². The van der Waals surface area contributed by atoms with E-state index in [4.69, 9.17) is 20.4 Å². The number of nitrogen functional groups attached to an aromatic ring is 1. The van der Waals surface area contributed by atoms with Crippen LogP contribution >= 0.6 is 0 Å². The Morgan fingerprint density at radius 1 is 1.10 bits per heavy atom. The number of amides is 1. The number of halogens is 3. The third-order valence-corrected chi connectivity index (χ3v) is 7.11. The van der Waals surface area contributed by atoms with Crippen molar-refractivity contribution in [2.45, 2.75) is 83.5 Å². The van der Waals surface area contributed by atoms with Gasteiger partial charge in [-0.25, -0.2) is 9.78 Å². The number of carboxylic acid groups (broad SMARTS) is 1. The van der Waals surface area contributed by atoms with E-state index in [0.29, 0.717) is 18.4 Å². The van der Waals surface area contributed by atoms with Crippen LogP contribution in [0.4, 0.5) is 19.1 Å². The van der Waals surface area contributed by atoms with E-state index in [0.717, 1.165) is 54.8 Å². The smallest absolute Gasteiger partial charge is 0.475 e. The highest BCUT2D eigenvalue weighted by molar-refractivity contribution is 5.80. The number of alkyl halides is 3. The number of ether oxygens (including phenoxy) is 1. The largest absolute Gasteiger partial charge is 0.490 e. The molecular weight excluding hydrogens is 525 g/mol. The Bertz CT molecular complexity index is 1260. The molecular formula is C29H37F3N4O4. The molecule has 0 spiro atoms. The van der Waals surface area contributed by atoms with Crippen molar-refractivity contribution in [3.05, 3.63) is 48.5 Å². The molecule has 1 aromatic heterocycles. The first-order valence-corrected chi connectivity index (χ1v) is 13.6. The summed E-state index contributed by atoms with van der Waals surface area (Å²) >= 11 is 0. The topological polar surface area (TPSA) is 111 Å². The molecule has 4 rings (SSSR count). The quantitative estimate of drug-likeness (QED) is 0.292. The van der Waals surface area contributed by atoms with Crippen molar-refractivity contribution in [1.82, 2.24) is 14.5 Å². The van der Waals surface area contributed by atoms with E-state index in [1.165, 1.54) is 19.3 Å². The first-order valence-electron chi connectivity index (χ1n) is 13.6. The molecule has 1 aliphatic rings. The molecule has 1 saturated carbocycles. The second-order valence-corrected chi connectivity index (χ2v) is 9.78. The molecule has 218 valence electrons. The van der Waals surface area contributed by atoms with E-state index in [1.54, 1.807) is 0 Å². The Labute approximate surface area is 231 Å². The van der Waals surface area contributed by atoms with Crippen LogP contribution in [0.25, 0.3) is 11.0 Å². The van der Waals surface area contributed by atoms with Gasteiger partial charge in [-0.05, 0) is 56.9 Å². The predicted molar refractivity (Wildman–Crippen MR) is 147 cm³/mol. The molecule has 1 atom stereocenters. The van der Waals surface area contributed by atoms with Gasteiger partial charge in [0.05, 0.1) is 11.0 Å². The average Bonchev–Trinajstić information content (AvgIpc) is 3.25. The third-order valence-electron chi connectivity index (χ3n) is 7.11. The predicted octanol–water partition coefficient (Wildman–Crippen LogP) is 6.96. The number of aromatic nitrogens is 2. The van der Waals surface area contributed by atoms with Crippen LogP contribution in [-0.2, 0) is 9.59 Å². The summed E-state index contributed by atoms with van der Waals surface area (Å²) in [6.07, 6.45) is 3.11. The van der Waals surface area contributed by atoms with Gasteiger partial charge in [0.25, 0.3) is 0 Å². The van der Waals surface area contributed by atoms with Crippen LogP contribution in [0.15, 0.2) is 48.5 Å². The molecule has 3 aromatic rings. The number of hydrogen-bond donors (Lipinski definition) is 2. The molecule has 40 heavy (non-hydrogen) atoms. The number of carboxylic acids is 1. The molecule has 0 saturated heterocycles. The zero-order chi connectivity index (χ0) is 29.3. The van der Waals surface area contributed by atoms with Crippen molar-refractivity contribution >= 4 is 28.9 Å². The summed E-state index contributed by atoms with van der Waals surface area (Å²) in [6, 6.07) is 16.1. The van der Waals surface area contributed by atoms with E-state index in [2.05, 4.69) is 28.3 Å². The molecule has 1 unspecified atom stereocenters. The molecule has 11 heteroatoms. The van der Waals surface area contributed by atoms with Gasteiger partial charge in [0.1, 0.15) is 11.5 Å². The van der Waals surface area contributed by atoms with E-state index in [1.807, 2.05) is 48.5 Å². The van der Waals surface area contributed by atoms with Crippen molar-refractivity contribution in [2.24, 2.45) is 0 Å². The zero-order valence-electron chi connectivity index (χ0n) is 22.9. The summed E-state index contributed by atoms with van der Waals surface area (Å²) in [4.78, 5) is 28.7. The number of para-hydroxylation sites is 1. The highest BCUT2D eigenvalue weighted by Gasteiger charge is 2.38. The van der Waals surface area contributed by atoms with Crippen LogP contribution in [-0.4, -0.2) is 50.2 Å². The summed E-state index contributed by atoms with van der Waals surface area (Å²) in [5.74, 6) is -0.474. The first kappa shape index (κ1) is 30.8. The van der Waals surface area contributed by atoms with Crippen LogP contribution in [0.1, 0.15) is 71.3 Å². The number of benzene rings is 2. The molecule has 2 aromatic carbocycles. The molecule has 0 aliphatic heterocycles. The van der Waals surface area contributed by atoms with Crippen LogP contribution < -0.4 is 10.5 Å². The lowest BCUT2D eigenvalue weighted by molar-refractivity contribution is -0.192. The Morgan fingerprint density at radius 2 is 1.75 bits per heavy atom. The monoisotopic (exact) mass is 562 g/mol. The lowest BCUT2D eigenvalue weighted by Gasteiger charge is -2.34. The molecule has 8 nitrogen and oxygen atoms in total. The molecule has 0 radical (unpaired) electrons. The second kappa shape index (κ2) is 14.0. The molecule has 3 N–H and O–H groups in total. The normalized spacial score (nSPS) is 14.7. The summed E-state index contributed by atoms with van der Waals surface area (Å²) in [5, 5.41) is 7.12. The lowest BCUT2D eigenvalue weighted by Crippen LogP contribution is -2.41. The van der Waals surface area contributed by atoms with Crippen LogP contribution in [0, 0.1) is 0 Å². The van der Waals surface area contributed by atoms with Gasteiger partial charge in [-0.2, -0.15) is 13.2 Å². The molecule has 0 bridgehead atoms. The minimum absolute atomic E-state index is 0.107. The van der Waals surface area contributed by atoms with Crippen molar-refractivity contribution in [3.63, 3.8) is 0 Å². The van der Waals surface area contributed by atoms with Gasteiger partial charge in [0.2, 0.25) is 11.9 Å². The number of imidazole rings is 1. The standard InChI is InChI=1S/C27H36N4O2.C2HF3O2/c1-3-20(15-18-26(32)30(4-2)21-11-7-5-8-12-21)31-25-19-23(16-17-24(25)29-27(31)28)33-22-13-9-6-10-14-22;3-2(4,5)1(6)7/h6,9-10,13-14,16-17,19-21H,3-5,7-8,11-12,15,18H2,1-2H3,(H2,28,29);(H,6,7). The average molecular weight is 563 g/mol. The van der Waals surface area contributed by atoms with Gasteiger partial charge in [0, 0.05) is 31.1 Å². The number of carbonyl (C=O) groups is 2. The van der Waals surface area contributed by atoms with Gasteiger partial charge >= 0.3 is 12.1 Å². The fourth-order valence-electron chi connectivity index (χ4n) is 5.14. The number of aliphatic carboxylic acids is 1. The van der Waals surface area contributed by atoms with Gasteiger partial charge < -0.3 is 25.0 Å². The van der Waals surface area contributed by atoms with Gasteiger partial charge in [-0.3, -0.25) is 4.79 Å². The van der Waals surface area contributed by atoms with Gasteiger partial charge in [-0.1, -0.05) is 44.4 Å². The summed E-state index contributed by atoms with van der Waals surface area (Å²) in [7, 11) is 0. The number of anilines is 1. The Morgan fingerprint density at radius 3 is 2.33 bits per heavy atom. The van der Waals surface area contributed by atoms with Gasteiger partial charge in [-0.15, -0.1) is 0 Å². The van der Waals surface area contributed by atoms with Crippen LogP contribution in [0.5, 0.6) is 11.5 Å². The van der Waals surface area contributed by atoms with Crippen LogP contribution in [0.3, 0.4) is 0 Å². The maximum absolute atomic E-state index is 13.1. The van der Waals surface area contributed by atoms with E-state index < -0.39 is 12.1 Å². The van der Waals surface area contributed by atoms with Crippen molar-refractivity contribution in [2.75, 3.05) is 12.3 Å². The highest BCUT2D eigenvalue weighted by Crippen LogP contribution is 2.32. The molecule has 1 aliphatic carbocycles. The molecule has 1 fully saturated rings. The van der Waals surface area contributed by atoms with Crippen molar-refractivity contribution in [3.8, 4) is 11.5 Å². The minimum atomic E-state index is -5.08. The lowest BCUT2D eigenvalue weighted by atomic mass is 9.93. The highest BCUT2D eigenvalue weighted by atomic mass is 19.4. The maximum atomic E-state index is 13.1. The third kappa shape index (κ3) is 8.12. The van der Waals surface area contributed by atoms with Crippen molar-refractivity contribution < 1.29 is 32.6 Å². The SMILES string of the molecule is CCC(CCC(=O)N(CC)C1CCCCC1)n1c(N)nc2ccc(Oc3ccccc3)cc21.O=C(O)C(F)(F)F. The maximum Gasteiger partial charge on any atom is 0.490 e. The number of nitrogens with zero attached hydrogens (tertiary/aromatic N) is 3. The minimum Gasteiger partial charge on any atom is -0.475 e. The zero-order valence-corrected chi connectivity index (χ0v) is 22.9. The second-order valence-electron chi connectivity index (χ2n) is 9.78. The Hall–Kier alpha value is -3.76. The fraction of sp³-hybridized carbons (Fsp3) is 0.483. The fourth-order valence-corrected chi connectivity index (χ4v) is 5.14. The number of nitrogens with two attached hydrogens (primary N) is 1. The number of rotatable bonds is 9. The van der Waals surface area contributed by atoms with E-state index in [9.17, 15) is 18.0 Å². The molecule has 1 heterocycles.